The Morgan fingerprint density at radius 3 is 2.79 bits per heavy atom. The van der Waals surface area contributed by atoms with E-state index in [1.807, 2.05) is 10.6 Å². The number of nitrogens with zero attached hydrogens (tertiary/aromatic N) is 3. The van der Waals surface area contributed by atoms with Crippen LogP contribution in [0.5, 0.6) is 0 Å². The third-order valence-corrected chi connectivity index (χ3v) is 6.22. The molecule has 0 spiro atoms. The highest BCUT2D eigenvalue weighted by atomic mass is 35.5. The van der Waals surface area contributed by atoms with E-state index < -0.39 is 0 Å². The van der Waals surface area contributed by atoms with Crippen molar-refractivity contribution in [2.45, 2.75) is 37.2 Å². The van der Waals surface area contributed by atoms with Crippen LogP contribution in [0.3, 0.4) is 0 Å². The SMILES string of the molecule is Cc1cccc(CSc2nnc(CNC(=O)C3CC3)n2-c2cc(Cl)ccc2Cl)c1. The zero-order chi connectivity index (χ0) is 20.4. The molecule has 4 rings (SSSR count). The van der Waals surface area contributed by atoms with Crippen molar-refractivity contribution in [2.75, 3.05) is 0 Å². The molecule has 29 heavy (non-hydrogen) atoms. The van der Waals surface area contributed by atoms with Gasteiger partial charge in [0, 0.05) is 16.7 Å². The Labute approximate surface area is 183 Å². The molecule has 1 heterocycles. The third kappa shape index (κ3) is 4.94. The third-order valence-electron chi connectivity index (χ3n) is 4.67. The second-order valence-corrected chi connectivity index (χ2v) is 8.89. The fourth-order valence-corrected chi connectivity index (χ4v) is 4.29. The highest BCUT2D eigenvalue weighted by Gasteiger charge is 2.29. The van der Waals surface area contributed by atoms with Gasteiger partial charge < -0.3 is 5.32 Å². The average Bonchev–Trinajstić information content (AvgIpc) is 3.48. The summed E-state index contributed by atoms with van der Waals surface area (Å²) in [6, 6.07) is 13.6. The minimum atomic E-state index is 0.0608. The summed E-state index contributed by atoms with van der Waals surface area (Å²) in [6.45, 7) is 2.36. The molecular formula is C21H20Cl2N4OS. The number of hydrogen-bond acceptors (Lipinski definition) is 4. The molecule has 8 heteroatoms. The number of nitrogens with one attached hydrogen (secondary N) is 1. The lowest BCUT2D eigenvalue weighted by Gasteiger charge is -2.13. The number of rotatable bonds is 7. The number of carbonyl (C=O) groups excluding carboxylic acids is 1. The van der Waals surface area contributed by atoms with Gasteiger partial charge in [-0.05, 0) is 43.5 Å². The summed E-state index contributed by atoms with van der Waals surface area (Å²) in [4.78, 5) is 12.1. The van der Waals surface area contributed by atoms with Crippen LogP contribution in [0.15, 0.2) is 47.6 Å². The molecule has 0 aliphatic heterocycles. The van der Waals surface area contributed by atoms with Crippen molar-refractivity contribution in [3.8, 4) is 5.69 Å². The van der Waals surface area contributed by atoms with Crippen LogP contribution in [-0.4, -0.2) is 20.7 Å². The Balaban J connectivity index is 1.62. The first-order valence-electron chi connectivity index (χ1n) is 9.37. The number of hydrogen-bond donors (Lipinski definition) is 1. The highest BCUT2D eigenvalue weighted by molar-refractivity contribution is 7.98. The van der Waals surface area contributed by atoms with E-state index in [1.165, 1.54) is 11.1 Å². The number of amides is 1. The number of aryl methyl sites for hydroxylation is 1. The summed E-state index contributed by atoms with van der Waals surface area (Å²) in [5.74, 6) is 1.56. The van der Waals surface area contributed by atoms with Crippen molar-refractivity contribution >= 4 is 40.9 Å². The van der Waals surface area contributed by atoms with Crippen LogP contribution in [-0.2, 0) is 17.1 Å². The molecule has 2 aromatic carbocycles. The van der Waals surface area contributed by atoms with Crippen molar-refractivity contribution < 1.29 is 4.79 Å². The minimum absolute atomic E-state index is 0.0608. The maximum atomic E-state index is 12.1. The van der Waals surface area contributed by atoms with Gasteiger partial charge in [-0.2, -0.15) is 0 Å². The fraction of sp³-hybridized carbons (Fsp3) is 0.286. The summed E-state index contributed by atoms with van der Waals surface area (Å²) in [7, 11) is 0. The number of benzene rings is 2. The summed E-state index contributed by atoms with van der Waals surface area (Å²) in [5.41, 5.74) is 3.11. The van der Waals surface area contributed by atoms with Gasteiger partial charge in [0.25, 0.3) is 0 Å². The van der Waals surface area contributed by atoms with E-state index >= 15 is 0 Å². The average molecular weight is 447 g/mol. The topological polar surface area (TPSA) is 59.8 Å². The molecule has 0 atom stereocenters. The lowest BCUT2D eigenvalue weighted by Crippen LogP contribution is -2.25. The first kappa shape index (κ1) is 20.3. The summed E-state index contributed by atoms with van der Waals surface area (Å²) < 4.78 is 1.88. The molecule has 0 saturated heterocycles. The molecule has 5 nitrogen and oxygen atoms in total. The molecule has 1 amide bonds. The molecule has 1 fully saturated rings. The highest BCUT2D eigenvalue weighted by Crippen LogP contribution is 2.32. The predicted molar refractivity (Wildman–Crippen MR) is 117 cm³/mol. The molecule has 0 radical (unpaired) electrons. The van der Waals surface area contributed by atoms with Gasteiger partial charge in [-0.3, -0.25) is 9.36 Å². The van der Waals surface area contributed by atoms with Gasteiger partial charge in [0.15, 0.2) is 11.0 Å². The monoisotopic (exact) mass is 446 g/mol. The Bertz CT molecular complexity index is 1050. The molecule has 1 aliphatic rings. The van der Waals surface area contributed by atoms with Gasteiger partial charge in [-0.25, -0.2) is 0 Å². The summed E-state index contributed by atoms with van der Waals surface area (Å²) in [6.07, 6.45) is 1.91. The second kappa shape index (κ2) is 8.78. The Morgan fingerprint density at radius 1 is 1.21 bits per heavy atom. The smallest absolute Gasteiger partial charge is 0.223 e. The Kier molecular flexibility index (Phi) is 6.13. The first-order valence-corrected chi connectivity index (χ1v) is 11.1. The maximum absolute atomic E-state index is 12.1. The van der Waals surface area contributed by atoms with Crippen molar-refractivity contribution in [3.05, 3.63) is 69.5 Å². The van der Waals surface area contributed by atoms with E-state index in [4.69, 9.17) is 23.2 Å². The molecule has 0 unspecified atom stereocenters. The first-order chi connectivity index (χ1) is 14.0. The predicted octanol–water partition coefficient (Wildman–Crippen LogP) is 5.20. The van der Waals surface area contributed by atoms with Gasteiger partial charge in [0.1, 0.15) is 0 Å². The van der Waals surface area contributed by atoms with Crippen LogP contribution in [0.25, 0.3) is 5.69 Å². The zero-order valence-electron chi connectivity index (χ0n) is 15.9. The summed E-state index contributed by atoms with van der Waals surface area (Å²) in [5, 5.41) is 13.4. The van der Waals surface area contributed by atoms with Crippen LogP contribution in [0.2, 0.25) is 10.0 Å². The minimum Gasteiger partial charge on any atom is -0.349 e. The van der Waals surface area contributed by atoms with Crippen molar-refractivity contribution in [1.29, 1.82) is 0 Å². The molecular weight excluding hydrogens is 427 g/mol. The van der Waals surface area contributed by atoms with Crippen LogP contribution < -0.4 is 5.32 Å². The van der Waals surface area contributed by atoms with Crippen LogP contribution in [0.1, 0.15) is 29.8 Å². The Morgan fingerprint density at radius 2 is 2.03 bits per heavy atom. The van der Waals surface area contributed by atoms with Crippen LogP contribution in [0.4, 0.5) is 0 Å². The maximum Gasteiger partial charge on any atom is 0.223 e. The number of thioether (sulfide) groups is 1. The molecule has 150 valence electrons. The molecule has 0 bridgehead atoms. The largest absolute Gasteiger partial charge is 0.349 e. The van der Waals surface area contributed by atoms with Crippen molar-refractivity contribution in [1.82, 2.24) is 20.1 Å². The van der Waals surface area contributed by atoms with Crippen molar-refractivity contribution in [2.24, 2.45) is 5.92 Å². The molecule has 1 aliphatic carbocycles. The normalized spacial score (nSPS) is 13.5. The number of halogens is 2. The van der Waals surface area contributed by atoms with Gasteiger partial charge in [0.05, 0.1) is 17.3 Å². The second-order valence-electron chi connectivity index (χ2n) is 7.10. The van der Waals surface area contributed by atoms with Gasteiger partial charge in [0.2, 0.25) is 5.91 Å². The molecule has 1 aromatic heterocycles. The quantitative estimate of drug-likeness (QED) is 0.506. The van der Waals surface area contributed by atoms with E-state index in [-0.39, 0.29) is 18.4 Å². The van der Waals surface area contributed by atoms with E-state index in [0.717, 1.165) is 18.6 Å². The standard InChI is InChI=1S/C21H20Cl2N4OS/c1-13-3-2-4-14(9-13)12-29-21-26-25-19(11-24-20(28)15-5-6-15)27(21)18-10-16(22)7-8-17(18)23/h2-4,7-10,15H,5-6,11-12H2,1H3,(H,24,28). The lowest BCUT2D eigenvalue weighted by molar-refractivity contribution is -0.122. The lowest BCUT2D eigenvalue weighted by atomic mass is 10.2. The van der Waals surface area contributed by atoms with E-state index in [2.05, 4.69) is 40.6 Å². The summed E-state index contributed by atoms with van der Waals surface area (Å²) >= 11 is 14.2. The van der Waals surface area contributed by atoms with Gasteiger partial charge in [-0.1, -0.05) is 64.8 Å². The number of carbonyl (C=O) groups is 1. The van der Waals surface area contributed by atoms with Crippen LogP contribution in [0, 0.1) is 12.8 Å². The fourth-order valence-electron chi connectivity index (χ4n) is 3.01. The number of aromatic nitrogens is 3. The molecule has 1 N–H and O–H groups in total. The van der Waals surface area contributed by atoms with E-state index in [0.29, 0.717) is 26.7 Å². The zero-order valence-corrected chi connectivity index (χ0v) is 18.2. The van der Waals surface area contributed by atoms with Crippen LogP contribution >= 0.6 is 35.0 Å². The Hall–Kier alpha value is -2.02. The van der Waals surface area contributed by atoms with E-state index in [1.54, 1.807) is 30.0 Å². The van der Waals surface area contributed by atoms with Crippen molar-refractivity contribution in [3.63, 3.8) is 0 Å². The molecule has 1 saturated carbocycles. The molecule has 3 aromatic rings. The van der Waals surface area contributed by atoms with E-state index in [9.17, 15) is 4.79 Å². The van der Waals surface area contributed by atoms with Gasteiger partial charge in [-0.15, -0.1) is 10.2 Å². The van der Waals surface area contributed by atoms with Gasteiger partial charge >= 0.3 is 0 Å².